The van der Waals surface area contributed by atoms with E-state index in [1.807, 2.05) is 0 Å². The van der Waals surface area contributed by atoms with Crippen molar-refractivity contribution in [1.82, 2.24) is 24.9 Å². The van der Waals surface area contributed by atoms with Crippen molar-refractivity contribution < 1.29 is 39.6 Å². The highest BCUT2D eigenvalue weighted by Gasteiger charge is 2.39. The van der Waals surface area contributed by atoms with E-state index in [2.05, 4.69) is 20.2 Å². The lowest BCUT2D eigenvalue weighted by Crippen LogP contribution is -2.12. The number of hydrogen-bond acceptors (Lipinski definition) is 5. The Hall–Kier alpha value is -4.36. The molecular formula is C23H11F8N5O. The molecule has 3 heterocycles. The molecule has 0 amide bonds. The molecule has 0 N–H and O–H groups in total. The molecule has 2 aliphatic heterocycles. The molecule has 3 aromatic rings. The number of fused-ring (bicyclic) bond motifs is 1. The number of imidazole rings is 1. The molecule has 6 nitrogen and oxygen atoms in total. The normalized spacial score (nSPS) is 12.4. The van der Waals surface area contributed by atoms with Gasteiger partial charge in [0.2, 0.25) is 0 Å². The molecule has 0 unspecified atom stereocenters. The Bertz CT molecular complexity index is 1570. The van der Waals surface area contributed by atoms with Crippen LogP contribution in [-0.4, -0.2) is 24.9 Å². The van der Waals surface area contributed by atoms with Crippen LogP contribution in [0.2, 0.25) is 0 Å². The Kier molecular flexibility index (Phi) is 5.68. The average molecular weight is 525 g/mol. The Morgan fingerprint density at radius 3 is 2.22 bits per heavy atom. The smallest absolute Gasteiger partial charge is 0.359 e. The summed E-state index contributed by atoms with van der Waals surface area (Å²) in [6.45, 7) is -0.127. The molecule has 0 bridgehead atoms. The van der Waals surface area contributed by atoms with Gasteiger partial charge in [-0.3, -0.25) is 4.68 Å². The molecule has 0 aliphatic carbocycles. The highest BCUT2D eigenvalue weighted by molar-refractivity contribution is 5.66. The monoisotopic (exact) mass is 525 g/mol. The van der Waals surface area contributed by atoms with Crippen molar-refractivity contribution in [2.75, 3.05) is 0 Å². The highest BCUT2D eigenvalue weighted by atomic mass is 19.4. The first-order valence-electron chi connectivity index (χ1n) is 10.3. The summed E-state index contributed by atoms with van der Waals surface area (Å²) >= 11 is 0. The van der Waals surface area contributed by atoms with Crippen molar-refractivity contribution in [3.05, 3.63) is 83.4 Å². The van der Waals surface area contributed by atoms with Gasteiger partial charge < -0.3 is 4.52 Å². The van der Waals surface area contributed by atoms with Crippen LogP contribution in [0.3, 0.4) is 0 Å². The Labute approximate surface area is 201 Å². The maximum absolute atomic E-state index is 14.1. The summed E-state index contributed by atoms with van der Waals surface area (Å²) in [5.41, 5.74) is -3.31. The van der Waals surface area contributed by atoms with Gasteiger partial charge >= 0.3 is 12.4 Å². The fourth-order valence-electron chi connectivity index (χ4n) is 3.59. The van der Waals surface area contributed by atoms with Crippen LogP contribution < -0.4 is 0 Å². The third-order valence-corrected chi connectivity index (χ3v) is 5.29. The standard InChI is InChI=1S/C23H11F8N5O/c24-12-2-4-15(17(25)6-12)21-33-19-8-32-36(10-20(19)34-21)9-13-7-18(35-37-13)14-3-1-11(22(26,27)28)5-16(14)23(29,30)31/h1-8,10H,9H2. The molecule has 0 atom stereocenters. The van der Waals surface area contributed by atoms with Crippen LogP contribution >= 0.6 is 0 Å². The largest absolute Gasteiger partial charge is 0.417 e. The zero-order chi connectivity index (χ0) is 26.5. The van der Waals surface area contributed by atoms with Gasteiger partial charge in [-0.1, -0.05) is 11.2 Å². The quantitative estimate of drug-likeness (QED) is 0.252. The van der Waals surface area contributed by atoms with E-state index in [1.165, 1.54) is 23.1 Å². The van der Waals surface area contributed by atoms with Crippen molar-refractivity contribution in [2.24, 2.45) is 0 Å². The van der Waals surface area contributed by atoms with Crippen LogP contribution in [-0.2, 0) is 18.9 Å². The van der Waals surface area contributed by atoms with E-state index in [9.17, 15) is 35.1 Å². The van der Waals surface area contributed by atoms with Gasteiger partial charge in [-0.05, 0) is 24.3 Å². The molecule has 5 rings (SSSR count). The van der Waals surface area contributed by atoms with Gasteiger partial charge in [0.1, 0.15) is 35.3 Å². The summed E-state index contributed by atoms with van der Waals surface area (Å²) in [5, 5.41) is 7.66. The number of halogens is 8. The minimum Gasteiger partial charge on any atom is -0.359 e. The predicted molar refractivity (Wildman–Crippen MR) is 111 cm³/mol. The number of hydrogen-bond donors (Lipinski definition) is 0. The van der Waals surface area contributed by atoms with E-state index >= 15 is 0 Å². The zero-order valence-electron chi connectivity index (χ0n) is 18.1. The van der Waals surface area contributed by atoms with E-state index in [4.69, 9.17) is 4.52 Å². The first-order valence-corrected chi connectivity index (χ1v) is 10.3. The third kappa shape index (κ3) is 4.86. The predicted octanol–water partition coefficient (Wildman–Crippen LogP) is 6.46. The molecule has 0 radical (unpaired) electrons. The first-order chi connectivity index (χ1) is 17.4. The molecule has 0 spiro atoms. The van der Waals surface area contributed by atoms with Gasteiger partial charge in [0.25, 0.3) is 0 Å². The molecule has 0 fully saturated rings. The minimum atomic E-state index is -5.07. The van der Waals surface area contributed by atoms with Gasteiger partial charge in [0.15, 0.2) is 11.6 Å². The topological polar surface area (TPSA) is 69.6 Å². The van der Waals surface area contributed by atoms with Crippen molar-refractivity contribution in [3.63, 3.8) is 0 Å². The summed E-state index contributed by atoms with van der Waals surface area (Å²) in [7, 11) is 0. The lowest BCUT2D eigenvalue weighted by molar-refractivity contribution is -0.142. The summed E-state index contributed by atoms with van der Waals surface area (Å²) < 4.78 is 113. The Balaban J connectivity index is 1.43. The lowest BCUT2D eigenvalue weighted by atomic mass is 10.0. The Morgan fingerprint density at radius 1 is 0.784 bits per heavy atom. The number of nitrogens with zero attached hydrogens (tertiary/aromatic N) is 5. The fourth-order valence-corrected chi connectivity index (χ4v) is 3.59. The van der Waals surface area contributed by atoms with Crippen molar-refractivity contribution in [1.29, 1.82) is 0 Å². The van der Waals surface area contributed by atoms with E-state index in [0.717, 1.165) is 12.1 Å². The second kappa shape index (κ2) is 8.64. The van der Waals surface area contributed by atoms with Gasteiger partial charge in [0.05, 0.1) is 29.1 Å². The second-order valence-corrected chi connectivity index (χ2v) is 7.85. The molecule has 1 aromatic heterocycles. The molecule has 14 heteroatoms. The molecule has 2 aliphatic rings. The van der Waals surface area contributed by atoms with E-state index < -0.39 is 40.7 Å². The van der Waals surface area contributed by atoms with Gasteiger partial charge in [-0.2, -0.15) is 31.4 Å². The van der Waals surface area contributed by atoms with Crippen LogP contribution in [0, 0.1) is 11.6 Å². The van der Waals surface area contributed by atoms with Crippen LogP contribution in [0.5, 0.6) is 0 Å². The number of benzene rings is 2. The fraction of sp³-hybridized carbons (Fsp3) is 0.130. The maximum Gasteiger partial charge on any atom is 0.417 e. The summed E-state index contributed by atoms with van der Waals surface area (Å²) in [4.78, 5) is 8.35. The van der Waals surface area contributed by atoms with E-state index in [0.29, 0.717) is 23.9 Å². The zero-order valence-corrected chi connectivity index (χ0v) is 18.1. The first kappa shape index (κ1) is 24.3. The molecule has 0 saturated heterocycles. The summed E-state index contributed by atoms with van der Waals surface area (Å²) in [5.74, 6) is -1.58. The van der Waals surface area contributed by atoms with E-state index in [1.54, 1.807) is 0 Å². The van der Waals surface area contributed by atoms with Crippen LogP contribution in [0.1, 0.15) is 16.9 Å². The van der Waals surface area contributed by atoms with Crippen molar-refractivity contribution in [3.8, 4) is 34.0 Å². The maximum atomic E-state index is 14.1. The van der Waals surface area contributed by atoms with Crippen LogP contribution in [0.15, 0.2) is 59.4 Å². The second-order valence-electron chi connectivity index (χ2n) is 7.85. The minimum absolute atomic E-state index is 0.00372. The van der Waals surface area contributed by atoms with Crippen LogP contribution in [0.25, 0.3) is 34.0 Å². The molecule has 2 aromatic carbocycles. The average Bonchev–Trinajstić information content (AvgIpc) is 3.44. The SMILES string of the molecule is Fc1ccc(-c2nc3cnn(Cc4cc(-c5ccc(C(F)(F)F)cc5C(F)(F)F)no4)cc-3n2)c(F)c1. The van der Waals surface area contributed by atoms with Crippen LogP contribution in [0.4, 0.5) is 35.1 Å². The molecular weight excluding hydrogens is 514 g/mol. The summed E-state index contributed by atoms with van der Waals surface area (Å²) in [6.07, 6.45) is -7.31. The number of aromatic nitrogens is 5. The van der Waals surface area contributed by atoms with Crippen molar-refractivity contribution in [2.45, 2.75) is 18.9 Å². The molecule has 190 valence electrons. The van der Waals surface area contributed by atoms with E-state index in [-0.39, 0.29) is 41.1 Å². The molecule has 0 saturated carbocycles. The Morgan fingerprint density at radius 2 is 1.51 bits per heavy atom. The van der Waals surface area contributed by atoms with Crippen molar-refractivity contribution >= 4 is 0 Å². The third-order valence-electron chi connectivity index (χ3n) is 5.29. The van der Waals surface area contributed by atoms with Gasteiger partial charge in [0, 0.05) is 17.7 Å². The van der Waals surface area contributed by atoms with Gasteiger partial charge in [-0.25, -0.2) is 18.7 Å². The number of rotatable bonds is 4. The van der Waals surface area contributed by atoms with Gasteiger partial charge in [-0.15, -0.1) is 0 Å². The summed E-state index contributed by atoms with van der Waals surface area (Å²) in [6, 6.07) is 5.31. The number of alkyl halides is 6. The lowest BCUT2D eigenvalue weighted by Gasteiger charge is -2.14. The molecule has 37 heavy (non-hydrogen) atoms. The highest BCUT2D eigenvalue weighted by Crippen LogP contribution is 2.40.